The molecule has 0 spiro atoms. The Morgan fingerprint density at radius 3 is 2.79 bits per heavy atom. The second kappa shape index (κ2) is 5.84. The summed E-state index contributed by atoms with van der Waals surface area (Å²) in [7, 11) is 0. The molecule has 0 amide bonds. The summed E-state index contributed by atoms with van der Waals surface area (Å²) < 4.78 is 20.5. The van der Waals surface area contributed by atoms with E-state index in [9.17, 15) is 4.39 Å². The molecule has 0 aliphatic carbocycles. The van der Waals surface area contributed by atoms with E-state index in [4.69, 9.17) is 10.5 Å². The van der Waals surface area contributed by atoms with Crippen LogP contribution in [0, 0.1) is 5.82 Å². The molecule has 0 fully saturated rings. The molecule has 2 rings (SSSR count). The summed E-state index contributed by atoms with van der Waals surface area (Å²) in [6, 6.07) is 4.85. The Kier molecular flexibility index (Phi) is 4.16. The van der Waals surface area contributed by atoms with Crippen molar-refractivity contribution in [1.29, 1.82) is 0 Å². The Labute approximate surface area is 112 Å². The van der Waals surface area contributed by atoms with Gasteiger partial charge in [-0.3, -0.25) is 4.68 Å². The number of benzene rings is 1. The monoisotopic (exact) mass is 263 g/mol. The van der Waals surface area contributed by atoms with Crippen molar-refractivity contribution in [1.82, 2.24) is 9.78 Å². The maximum atomic E-state index is 13.1. The van der Waals surface area contributed by atoms with Gasteiger partial charge >= 0.3 is 0 Å². The molecule has 1 aromatic carbocycles. The van der Waals surface area contributed by atoms with E-state index in [1.54, 1.807) is 12.3 Å². The molecule has 0 unspecified atom stereocenters. The third kappa shape index (κ3) is 3.32. The van der Waals surface area contributed by atoms with Gasteiger partial charge in [0.1, 0.15) is 12.4 Å². The Morgan fingerprint density at radius 1 is 1.37 bits per heavy atom. The van der Waals surface area contributed by atoms with Gasteiger partial charge in [0.05, 0.1) is 12.4 Å². The van der Waals surface area contributed by atoms with E-state index in [1.165, 1.54) is 12.1 Å². The van der Waals surface area contributed by atoms with Crippen LogP contribution in [0.2, 0.25) is 0 Å². The first kappa shape index (κ1) is 13.5. The van der Waals surface area contributed by atoms with Gasteiger partial charge in [-0.15, -0.1) is 0 Å². The lowest BCUT2D eigenvalue weighted by Gasteiger charge is -2.09. The number of ether oxygens (including phenoxy) is 1. The van der Waals surface area contributed by atoms with Crippen molar-refractivity contribution < 1.29 is 9.13 Å². The number of hydrogen-bond acceptors (Lipinski definition) is 3. The van der Waals surface area contributed by atoms with E-state index in [0.29, 0.717) is 24.9 Å². The number of halogens is 1. The van der Waals surface area contributed by atoms with Crippen LogP contribution in [0.5, 0.6) is 5.75 Å². The quantitative estimate of drug-likeness (QED) is 0.902. The van der Waals surface area contributed by atoms with Gasteiger partial charge in [0.2, 0.25) is 0 Å². The van der Waals surface area contributed by atoms with Gasteiger partial charge in [-0.2, -0.15) is 5.10 Å². The van der Waals surface area contributed by atoms with Crippen molar-refractivity contribution in [3.8, 4) is 5.75 Å². The van der Waals surface area contributed by atoms with E-state index in [-0.39, 0.29) is 5.82 Å². The summed E-state index contributed by atoms with van der Waals surface area (Å²) in [4.78, 5) is 0. The van der Waals surface area contributed by atoms with E-state index >= 15 is 0 Å². The number of nitrogens with two attached hydrogens (primary N) is 1. The molecule has 19 heavy (non-hydrogen) atoms. The highest BCUT2D eigenvalue weighted by molar-refractivity contribution is 5.28. The molecule has 4 nitrogen and oxygen atoms in total. The van der Waals surface area contributed by atoms with Crippen LogP contribution >= 0.6 is 0 Å². The van der Waals surface area contributed by atoms with Crippen molar-refractivity contribution in [3.05, 3.63) is 47.5 Å². The SMILES string of the molecule is CC(C)n1cc(OCc2ccc(F)cc2CN)cn1. The number of aromatic nitrogens is 2. The predicted octanol–water partition coefficient (Wildman–Crippen LogP) is 2.64. The minimum atomic E-state index is -0.281. The predicted molar refractivity (Wildman–Crippen MR) is 71.2 cm³/mol. The molecule has 0 radical (unpaired) electrons. The molecule has 0 saturated carbocycles. The maximum Gasteiger partial charge on any atom is 0.157 e. The second-order valence-electron chi connectivity index (χ2n) is 4.66. The van der Waals surface area contributed by atoms with Crippen LogP contribution in [0.25, 0.3) is 0 Å². The molecular formula is C14H18FN3O. The van der Waals surface area contributed by atoms with Crippen LogP contribution in [-0.4, -0.2) is 9.78 Å². The molecule has 1 heterocycles. The van der Waals surface area contributed by atoms with Crippen LogP contribution in [0.15, 0.2) is 30.6 Å². The standard InChI is InChI=1S/C14H18FN3O/c1-10(2)18-8-14(7-17-18)19-9-11-3-4-13(15)5-12(11)6-16/h3-5,7-8,10H,6,9,16H2,1-2H3. The topological polar surface area (TPSA) is 53.1 Å². The Balaban J connectivity index is 2.05. The first-order valence-electron chi connectivity index (χ1n) is 6.24. The highest BCUT2D eigenvalue weighted by Crippen LogP contribution is 2.17. The maximum absolute atomic E-state index is 13.1. The largest absolute Gasteiger partial charge is 0.486 e. The van der Waals surface area contributed by atoms with Crippen LogP contribution in [-0.2, 0) is 13.2 Å². The van der Waals surface area contributed by atoms with Gasteiger partial charge < -0.3 is 10.5 Å². The molecule has 0 aliphatic rings. The zero-order valence-electron chi connectivity index (χ0n) is 11.1. The number of nitrogens with zero attached hydrogens (tertiary/aromatic N) is 2. The highest BCUT2D eigenvalue weighted by atomic mass is 19.1. The van der Waals surface area contributed by atoms with Crippen LogP contribution < -0.4 is 10.5 Å². The fraction of sp³-hybridized carbons (Fsp3) is 0.357. The first-order chi connectivity index (χ1) is 9.10. The summed E-state index contributed by atoms with van der Waals surface area (Å²) in [6.45, 7) is 4.74. The minimum Gasteiger partial charge on any atom is -0.486 e. The highest BCUT2D eigenvalue weighted by Gasteiger charge is 2.06. The molecule has 0 aliphatic heterocycles. The molecule has 1 aromatic heterocycles. The van der Waals surface area contributed by atoms with Crippen molar-refractivity contribution in [2.75, 3.05) is 0 Å². The molecule has 2 aromatic rings. The smallest absolute Gasteiger partial charge is 0.157 e. The lowest BCUT2D eigenvalue weighted by atomic mass is 10.1. The van der Waals surface area contributed by atoms with E-state index in [0.717, 1.165) is 11.1 Å². The average molecular weight is 263 g/mol. The number of rotatable bonds is 5. The summed E-state index contributed by atoms with van der Waals surface area (Å²) in [5.74, 6) is 0.415. The van der Waals surface area contributed by atoms with Crippen molar-refractivity contribution in [2.24, 2.45) is 5.73 Å². The van der Waals surface area contributed by atoms with Crippen LogP contribution in [0.1, 0.15) is 31.0 Å². The van der Waals surface area contributed by atoms with Gasteiger partial charge in [0, 0.05) is 12.6 Å². The summed E-state index contributed by atoms with van der Waals surface area (Å²) in [5, 5.41) is 4.19. The molecule has 0 saturated heterocycles. The molecule has 5 heteroatoms. The summed E-state index contributed by atoms with van der Waals surface area (Å²) in [5.41, 5.74) is 7.24. The van der Waals surface area contributed by atoms with Crippen LogP contribution in [0.4, 0.5) is 4.39 Å². The Morgan fingerprint density at radius 2 is 2.16 bits per heavy atom. The molecule has 0 atom stereocenters. The average Bonchev–Trinajstić information content (AvgIpc) is 2.86. The van der Waals surface area contributed by atoms with Crippen molar-refractivity contribution >= 4 is 0 Å². The fourth-order valence-corrected chi connectivity index (χ4v) is 1.76. The lowest BCUT2D eigenvalue weighted by molar-refractivity contribution is 0.304. The first-order valence-corrected chi connectivity index (χ1v) is 6.24. The lowest BCUT2D eigenvalue weighted by Crippen LogP contribution is -2.05. The van der Waals surface area contributed by atoms with Gasteiger partial charge in [-0.05, 0) is 37.1 Å². The van der Waals surface area contributed by atoms with Crippen molar-refractivity contribution in [3.63, 3.8) is 0 Å². The van der Waals surface area contributed by atoms with Gasteiger partial charge in [0.25, 0.3) is 0 Å². The zero-order chi connectivity index (χ0) is 13.8. The molecule has 2 N–H and O–H groups in total. The van der Waals surface area contributed by atoms with E-state index < -0.39 is 0 Å². The van der Waals surface area contributed by atoms with E-state index in [1.807, 2.05) is 24.7 Å². The van der Waals surface area contributed by atoms with Gasteiger partial charge in [-0.25, -0.2) is 4.39 Å². The summed E-state index contributed by atoms with van der Waals surface area (Å²) >= 11 is 0. The Bertz CT molecular complexity index is 551. The Hall–Kier alpha value is -1.88. The van der Waals surface area contributed by atoms with Gasteiger partial charge in [-0.1, -0.05) is 6.07 Å². The zero-order valence-corrected chi connectivity index (χ0v) is 11.1. The third-order valence-corrected chi connectivity index (χ3v) is 2.89. The van der Waals surface area contributed by atoms with E-state index in [2.05, 4.69) is 5.10 Å². The number of hydrogen-bond donors (Lipinski definition) is 1. The molecule has 102 valence electrons. The summed E-state index contributed by atoms with van der Waals surface area (Å²) in [6.07, 6.45) is 3.52. The minimum absolute atomic E-state index is 0.281. The second-order valence-corrected chi connectivity index (χ2v) is 4.66. The normalized spacial score (nSPS) is 11.0. The molecular weight excluding hydrogens is 245 g/mol. The van der Waals surface area contributed by atoms with Crippen LogP contribution in [0.3, 0.4) is 0 Å². The van der Waals surface area contributed by atoms with Crippen molar-refractivity contribution in [2.45, 2.75) is 33.0 Å². The van der Waals surface area contributed by atoms with Gasteiger partial charge in [0.15, 0.2) is 5.75 Å². The molecule has 0 bridgehead atoms. The third-order valence-electron chi connectivity index (χ3n) is 2.89. The fourth-order valence-electron chi connectivity index (χ4n) is 1.76.